The van der Waals surface area contributed by atoms with Crippen molar-refractivity contribution in [3.8, 4) is 0 Å². The molecule has 2 rings (SSSR count). The summed E-state index contributed by atoms with van der Waals surface area (Å²) in [6.45, 7) is 0.497. The van der Waals surface area contributed by atoms with Crippen LogP contribution in [0.1, 0.15) is 50.5 Å². The van der Waals surface area contributed by atoms with E-state index < -0.39 is 11.6 Å². The first-order valence-electron chi connectivity index (χ1n) is 6.93. The Morgan fingerprint density at radius 3 is 2.33 bits per heavy atom. The van der Waals surface area contributed by atoms with Crippen LogP contribution in [0.4, 0.5) is 8.78 Å². The van der Waals surface area contributed by atoms with Gasteiger partial charge in [-0.05, 0) is 18.9 Å². The predicted octanol–water partition coefficient (Wildman–Crippen LogP) is 4.17. The smallest absolute Gasteiger partial charge is 0.130 e. The summed E-state index contributed by atoms with van der Waals surface area (Å²) in [5.74, 6) is -0.962. The third-order valence-electron chi connectivity index (χ3n) is 3.70. The van der Waals surface area contributed by atoms with Crippen molar-refractivity contribution in [2.75, 3.05) is 0 Å². The van der Waals surface area contributed by atoms with Crippen LogP contribution in [0.5, 0.6) is 0 Å². The van der Waals surface area contributed by atoms with E-state index in [0.717, 1.165) is 6.07 Å². The Labute approximate surface area is 108 Å². The molecule has 0 bridgehead atoms. The SMILES string of the molecule is Fc1ccc(CNC2CCCCCCC2)c(F)c1. The zero-order valence-electron chi connectivity index (χ0n) is 10.7. The molecule has 1 aliphatic rings. The van der Waals surface area contributed by atoms with Gasteiger partial charge in [0.1, 0.15) is 11.6 Å². The molecule has 0 atom stereocenters. The maximum atomic E-state index is 13.5. The molecule has 0 heterocycles. The normalized spacial score (nSPS) is 18.3. The number of halogens is 2. The van der Waals surface area contributed by atoms with Crippen molar-refractivity contribution in [2.24, 2.45) is 0 Å². The lowest BCUT2D eigenvalue weighted by atomic mass is 9.96. The highest BCUT2D eigenvalue weighted by atomic mass is 19.1. The average molecular weight is 253 g/mol. The Morgan fingerprint density at radius 2 is 1.67 bits per heavy atom. The minimum atomic E-state index is -0.512. The van der Waals surface area contributed by atoms with Gasteiger partial charge in [0.15, 0.2) is 0 Å². The van der Waals surface area contributed by atoms with Crippen LogP contribution < -0.4 is 5.32 Å². The lowest BCUT2D eigenvalue weighted by Crippen LogP contribution is -2.29. The summed E-state index contributed by atoms with van der Waals surface area (Å²) in [5, 5.41) is 3.40. The van der Waals surface area contributed by atoms with Gasteiger partial charge in [0.25, 0.3) is 0 Å². The molecule has 1 saturated carbocycles. The van der Waals surface area contributed by atoms with Gasteiger partial charge in [-0.3, -0.25) is 0 Å². The molecule has 0 aliphatic heterocycles. The fourth-order valence-electron chi connectivity index (χ4n) is 2.58. The van der Waals surface area contributed by atoms with E-state index in [2.05, 4.69) is 5.32 Å². The molecule has 100 valence electrons. The van der Waals surface area contributed by atoms with Crippen LogP contribution in [-0.4, -0.2) is 6.04 Å². The van der Waals surface area contributed by atoms with E-state index in [1.54, 1.807) is 0 Å². The minimum Gasteiger partial charge on any atom is -0.310 e. The Bertz CT molecular complexity index is 371. The lowest BCUT2D eigenvalue weighted by Gasteiger charge is -2.21. The van der Waals surface area contributed by atoms with Crippen LogP contribution in [-0.2, 0) is 6.54 Å². The first kappa shape index (κ1) is 13.5. The largest absolute Gasteiger partial charge is 0.310 e. The number of rotatable bonds is 3. The Balaban J connectivity index is 1.85. The maximum absolute atomic E-state index is 13.5. The van der Waals surface area contributed by atoms with Crippen molar-refractivity contribution in [3.63, 3.8) is 0 Å². The standard InChI is InChI=1S/C15H21F2N/c16-13-9-8-12(15(17)10-13)11-18-14-6-4-2-1-3-5-7-14/h8-10,14,18H,1-7,11H2. The quantitative estimate of drug-likeness (QED) is 0.852. The topological polar surface area (TPSA) is 12.0 Å². The summed E-state index contributed by atoms with van der Waals surface area (Å²) < 4.78 is 26.3. The molecule has 1 fully saturated rings. The van der Waals surface area contributed by atoms with E-state index in [1.165, 1.54) is 57.1 Å². The third kappa shape index (κ3) is 4.05. The fourth-order valence-corrected chi connectivity index (χ4v) is 2.58. The predicted molar refractivity (Wildman–Crippen MR) is 69.3 cm³/mol. The second-order valence-corrected chi connectivity index (χ2v) is 5.16. The summed E-state index contributed by atoms with van der Waals surface area (Å²) in [5.41, 5.74) is 0.554. The second-order valence-electron chi connectivity index (χ2n) is 5.16. The molecule has 0 radical (unpaired) electrons. The van der Waals surface area contributed by atoms with Gasteiger partial charge < -0.3 is 5.32 Å². The van der Waals surface area contributed by atoms with Crippen molar-refractivity contribution in [2.45, 2.75) is 57.5 Å². The van der Waals surface area contributed by atoms with Crippen molar-refractivity contribution < 1.29 is 8.78 Å². The van der Waals surface area contributed by atoms with Gasteiger partial charge in [-0.2, -0.15) is 0 Å². The van der Waals surface area contributed by atoms with Crippen LogP contribution >= 0.6 is 0 Å². The molecule has 0 aromatic heterocycles. The summed E-state index contributed by atoms with van der Waals surface area (Å²) in [4.78, 5) is 0. The zero-order chi connectivity index (χ0) is 12.8. The van der Waals surface area contributed by atoms with E-state index in [-0.39, 0.29) is 0 Å². The van der Waals surface area contributed by atoms with Gasteiger partial charge >= 0.3 is 0 Å². The Hall–Kier alpha value is -0.960. The van der Waals surface area contributed by atoms with Gasteiger partial charge in [-0.1, -0.05) is 38.2 Å². The molecule has 0 saturated heterocycles. The molecule has 0 unspecified atom stereocenters. The Morgan fingerprint density at radius 1 is 1.00 bits per heavy atom. The first-order valence-corrected chi connectivity index (χ1v) is 6.93. The van der Waals surface area contributed by atoms with Gasteiger partial charge in [0, 0.05) is 24.2 Å². The summed E-state index contributed by atoms with van der Waals surface area (Å²) in [6.07, 6.45) is 8.81. The summed E-state index contributed by atoms with van der Waals surface area (Å²) >= 11 is 0. The van der Waals surface area contributed by atoms with Crippen LogP contribution in [0, 0.1) is 11.6 Å². The number of hydrogen-bond acceptors (Lipinski definition) is 1. The van der Waals surface area contributed by atoms with Crippen LogP contribution in [0.25, 0.3) is 0 Å². The summed E-state index contributed by atoms with van der Waals surface area (Å²) in [7, 11) is 0. The van der Waals surface area contributed by atoms with Crippen LogP contribution in [0.2, 0.25) is 0 Å². The molecular formula is C15H21F2N. The molecule has 1 nitrogen and oxygen atoms in total. The lowest BCUT2D eigenvalue weighted by molar-refractivity contribution is 0.386. The molecule has 1 aromatic carbocycles. The molecule has 1 N–H and O–H groups in total. The average Bonchev–Trinajstić information content (AvgIpc) is 2.29. The van der Waals surface area contributed by atoms with Crippen LogP contribution in [0.15, 0.2) is 18.2 Å². The van der Waals surface area contributed by atoms with Gasteiger partial charge in [-0.15, -0.1) is 0 Å². The van der Waals surface area contributed by atoms with Crippen molar-refractivity contribution >= 4 is 0 Å². The fraction of sp³-hybridized carbons (Fsp3) is 0.600. The third-order valence-corrected chi connectivity index (χ3v) is 3.70. The van der Waals surface area contributed by atoms with Gasteiger partial charge in [0.05, 0.1) is 0 Å². The highest BCUT2D eigenvalue weighted by molar-refractivity contribution is 5.18. The molecule has 18 heavy (non-hydrogen) atoms. The number of nitrogens with one attached hydrogen (secondary N) is 1. The second kappa shape index (κ2) is 6.83. The van der Waals surface area contributed by atoms with Crippen molar-refractivity contribution in [1.29, 1.82) is 0 Å². The zero-order valence-corrected chi connectivity index (χ0v) is 10.7. The monoisotopic (exact) mass is 253 g/mol. The van der Waals surface area contributed by atoms with E-state index in [4.69, 9.17) is 0 Å². The highest BCUT2D eigenvalue weighted by Gasteiger charge is 2.11. The van der Waals surface area contributed by atoms with E-state index >= 15 is 0 Å². The molecule has 0 spiro atoms. The summed E-state index contributed by atoms with van der Waals surface area (Å²) in [6, 6.07) is 4.28. The Kier molecular flexibility index (Phi) is 5.12. The molecule has 1 aliphatic carbocycles. The highest BCUT2D eigenvalue weighted by Crippen LogP contribution is 2.18. The number of hydrogen-bond donors (Lipinski definition) is 1. The molecule has 0 amide bonds. The van der Waals surface area contributed by atoms with Crippen LogP contribution in [0.3, 0.4) is 0 Å². The molecule has 1 aromatic rings. The van der Waals surface area contributed by atoms with Crippen molar-refractivity contribution in [1.82, 2.24) is 5.32 Å². The minimum absolute atomic E-state index is 0.451. The van der Waals surface area contributed by atoms with E-state index in [9.17, 15) is 8.78 Å². The van der Waals surface area contributed by atoms with Crippen molar-refractivity contribution in [3.05, 3.63) is 35.4 Å². The van der Waals surface area contributed by atoms with E-state index in [1.807, 2.05) is 0 Å². The molecule has 3 heteroatoms. The van der Waals surface area contributed by atoms with Gasteiger partial charge in [0.2, 0.25) is 0 Å². The van der Waals surface area contributed by atoms with Gasteiger partial charge in [-0.25, -0.2) is 8.78 Å². The number of benzene rings is 1. The maximum Gasteiger partial charge on any atom is 0.130 e. The first-order chi connectivity index (χ1) is 8.75. The van der Waals surface area contributed by atoms with E-state index in [0.29, 0.717) is 18.2 Å². The molecular weight excluding hydrogens is 232 g/mol.